The van der Waals surface area contributed by atoms with E-state index in [0.29, 0.717) is 24.2 Å². The van der Waals surface area contributed by atoms with Gasteiger partial charge in [0.05, 0.1) is 0 Å². The molecule has 1 aromatic carbocycles. The van der Waals surface area contributed by atoms with E-state index in [1.165, 1.54) is 6.07 Å². The maximum absolute atomic E-state index is 13.6. The van der Waals surface area contributed by atoms with Crippen LogP contribution in [0.15, 0.2) is 18.2 Å². The molecule has 0 radical (unpaired) electrons. The first-order chi connectivity index (χ1) is 8.34. The normalized spacial score (nSPS) is 11.7. The van der Waals surface area contributed by atoms with Gasteiger partial charge in [-0.2, -0.15) is 0 Å². The van der Waals surface area contributed by atoms with Gasteiger partial charge in [0.25, 0.3) is 0 Å². The van der Waals surface area contributed by atoms with Crippen molar-refractivity contribution in [1.29, 1.82) is 0 Å². The average molecular weight is 253 g/mol. The molecule has 0 aliphatic heterocycles. The highest BCUT2D eigenvalue weighted by molar-refractivity contribution is 6.59. The molecular weight excluding hydrogens is 232 g/mol. The number of hydrogen-bond acceptors (Lipinski definition) is 3. The quantitative estimate of drug-likeness (QED) is 0.773. The summed E-state index contributed by atoms with van der Waals surface area (Å²) in [7, 11) is -1.78. The summed E-state index contributed by atoms with van der Waals surface area (Å²) in [5.74, 6) is -0.574. The highest BCUT2D eigenvalue weighted by atomic mass is 19.1. The molecule has 0 aromatic heterocycles. The Morgan fingerprint density at radius 3 is 2.17 bits per heavy atom. The Morgan fingerprint density at radius 2 is 1.72 bits per heavy atom. The van der Waals surface area contributed by atoms with Gasteiger partial charge < -0.3 is 10.0 Å². The van der Waals surface area contributed by atoms with Crippen LogP contribution in [-0.2, 0) is 6.54 Å². The predicted molar refractivity (Wildman–Crippen MR) is 72.0 cm³/mol. The first-order valence-corrected chi connectivity index (χ1v) is 6.23. The minimum absolute atomic E-state index is 0.0243. The first kappa shape index (κ1) is 15.2. The molecule has 0 aliphatic rings. The summed E-state index contributed by atoms with van der Waals surface area (Å²) >= 11 is 0. The molecule has 5 heteroatoms. The number of hydrogen-bond donors (Lipinski definition) is 2. The summed E-state index contributed by atoms with van der Waals surface area (Å²) in [5.41, 5.74) is 0.594. The Kier molecular flexibility index (Phi) is 5.32. The van der Waals surface area contributed by atoms with E-state index >= 15 is 0 Å². The SMILES string of the molecule is CC(C)N(Cc1cccc(F)c1B(O)O)C(C)C. The fourth-order valence-electron chi connectivity index (χ4n) is 2.17. The van der Waals surface area contributed by atoms with Crippen LogP contribution in [0.1, 0.15) is 33.3 Å². The van der Waals surface area contributed by atoms with E-state index in [4.69, 9.17) is 0 Å². The maximum atomic E-state index is 13.6. The van der Waals surface area contributed by atoms with Gasteiger partial charge >= 0.3 is 7.12 Å². The smallest absolute Gasteiger partial charge is 0.423 e. The van der Waals surface area contributed by atoms with E-state index in [9.17, 15) is 14.4 Å². The van der Waals surface area contributed by atoms with Crippen molar-refractivity contribution >= 4 is 12.6 Å². The van der Waals surface area contributed by atoms with Crippen molar-refractivity contribution in [3.8, 4) is 0 Å². The zero-order valence-electron chi connectivity index (χ0n) is 11.4. The molecule has 0 heterocycles. The van der Waals surface area contributed by atoms with Crippen molar-refractivity contribution in [2.75, 3.05) is 0 Å². The lowest BCUT2D eigenvalue weighted by Crippen LogP contribution is -2.41. The van der Waals surface area contributed by atoms with Crippen molar-refractivity contribution in [2.45, 2.75) is 46.3 Å². The van der Waals surface area contributed by atoms with Crippen LogP contribution in [0, 0.1) is 5.82 Å². The summed E-state index contributed by atoms with van der Waals surface area (Å²) in [6.45, 7) is 8.76. The van der Waals surface area contributed by atoms with Gasteiger partial charge in [-0.1, -0.05) is 12.1 Å². The fourth-order valence-corrected chi connectivity index (χ4v) is 2.17. The molecule has 0 spiro atoms. The van der Waals surface area contributed by atoms with Crippen LogP contribution in [0.2, 0.25) is 0 Å². The molecule has 3 nitrogen and oxygen atoms in total. The Labute approximate surface area is 108 Å². The van der Waals surface area contributed by atoms with Crippen molar-refractivity contribution in [3.63, 3.8) is 0 Å². The molecule has 18 heavy (non-hydrogen) atoms. The molecule has 0 saturated carbocycles. The largest absolute Gasteiger partial charge is 0.491 e. The Balaban J connectivity index is 3.06. The predicted octanol–water partition coefficient (Wildman–Crippen LogP) is 1.12. The van der Waals surface area contributed by atoms with E-state index in [1.54, 1.807) is 12.1 Å². The number of halogens is 1. The van der Waals surface area contributed by atoms with Gasteiger partial charge in [0.15, 0.2) is 0 Å². The second-order valence-corrected chi connectivity index (χ2v) is 5.05. The summed E-state index contributed by atoms with van der Waals surface area (Å²) in [6, 6.07) is 5.17. The standard InChI is InChI=1S/C13H21BFNO2/c1-9(2)16(10(3)4)8-11-6-5-7-12(15)13(11)14(17)18/h5-7,9-10,17-18H,8H2,1-4H3. The van der Waals surface area contributed by atoms with E-state index < -0.39 is 12.9 Å². The second-order valence-electron chi connectivity index (χ2n) is 5.05. The average Bonchev–Trinajstić information content (AvgIpc) is 2.24. The molecule has 0 unspecified atom stereocenters. The molecular formula is C13H21BFNO2. The van der Waals surface area contributed by atoms with E-state index in [2.05, 4.69) is 32.6 Å². The third-order valence-electron chi connectivity index (χ3n) is 3.08. The molecule has 0 saturated heterocycles. The van der Waals surface area contributed by atoms with Crippen LogP contribution >= 0.6 is 0 Å². The van der Waals surface area contributed by atoms with Crippen molar-refractivity contribution in [3.05, 3.63) is 29.6 Å². The zero-order chi connectivity index (χ0) is 13.9. The molecule has 0 fully saturated rings. The van der Waals surface area contributed by atoms with Crippen molar-refractivity contribution in [1.82, 2.24) is 4.90 Å². The van der Waals surface area contributed by atoms with Crippen LogP contribution in [-0.4, -0.2) is 34.2 Å². The highest BCUT2D eigenvalue weighted by Gasteiger charge is 2.23. The van der Waals surface area contributed by atoms with Crippen LogP contribution < -0.4 is 5.46 Å². The van der Waals surface area contributed by atoms with Crippen LogP contribution in [0.25, 0.3) is 0 Å². The highest BCUT2D eigenvalue weighted by Crippen LogP contribution is 2.12. The van der Waals surface area contributed by atoms with Crippen LogP contribution in [0.3, 0.4) is 0 Å². The van der Waals surface area contributed by atoms with Crippen molar-refractivity contribution in [2.24, 2.45) is 0 Å². The van der Waals surface area contributed by atoms with Gasteiger partial charge in [-0.25, -0.2) is 4.39 Å². The van der Waals surface area contributed by atoms with Gasteiger partial charge in [0.2, 0.25) is 0 Å². The van der Waals surface area contributed by atoms with E-state index in [-0.39, 0.29) is 5.46 Å². The lowest BCUT2D eigenvalue weighted by atomic mass is 9.76. The fraction of sp³-hybridized carbons (Fsp3) is 0.538. The lowest BCUT2D eigenvalue weighted by molar-refractivity contribution is 0.166. The maximum Gasteiger partial charge on any atom is 0.491 e. The van der Waals surface area contributed by atoms with Gasteiger partial charge in [-0.3, -0.25) is 4.90 Å². The van der Waals surface area contributed by atoms with E-state index in [0.717, 1.165) is 0 Å². The van der Waals surface area contributed by atoms with Crippen LogP contribution in [0.5, 0.6) is 0 Å². The molecule has 0 amide bonds. The molecule has 100 valence electrons. The topological polar surface area (TPSA) is 43.7 Å². The Bertz CT molecular complexity index is 389. The minimum Gasteiger partial charge on any atom is -0.423 e. The number of benzene rings is 1. The summed E-state index contributed by atoms with van der Waals surface area (Å²) in [5, 5.41) is 18.5. The molecule has 2 N–H and O–H groups in total. The number of nitrogens with zero attached hydrogens (tertiary/aromatic N) is 1. The van der Waals surface area contributed by atoms with Gasteiger partial charge in [0.1, 0.15) is 5.82 Å². The Morgan fingerprint density at radius 1 is 1.17 bits per heavy atom. The minimum atomic E-state index is -1.78. The lowest BCUT2D eigenvalue weighted by Gasteiger charge is -2.31. The summed E-state index contributed by atoms with van der Waals surface area (Å²) < 4.78 is 13.6. The molecule has 0 atom stereocenters. The Hall–Kier alpha value is -0.905. The summed E-state index contributed by atoms with van der Waals surface area (Å²) in [4.78, 5) is 2.17. The third kappa shape index (κ3) is 3.54. The summed E-state index contributed by atoms with van der Waals surface area (Å²) in [6.07, 6.45) is 0. The van der Waals surface area contributed by atoms with Gasteiger partial charge in [-0.05, 0) is 39.3 Å². The monoisotopic (exact) mass is 253 g/mol. The molecule has 1 rings (SSSR count). The first-order valence-electron chi connectivity index (χ1n) is 6.23. The van der Waals surface area contributed by atoms with E-state index in [1.807, 2.05) is 0 Å². The van der Waals surface area contributed by atoms with Gasteiger partial charge in [-0.15, -0.1) is 0 Å². The number of rotatable bonds is 5. The zero-order valence-corrected chi connectivity index (χ0v) is 11.4. The second kappa shape index (κ2) is 6.32. The molecule has 0 bridgehead atoms. The third-order valence-corrected chi connectivity index (χ3v) is 3.08. The van der Waals surface area contributed by atoms with Crippen LogP contribution in [0.4, 0.5) is 4.39 Å². The molecule has 1 aromatic rings. The van der Waals surface area contributed by atoms with Crippen molar-refractivity contribution < 1.29 is 14.4 Å². The van der Waals surface area contributed by atoms with Gasteiger partial charge in [0, 0.05) is 24.1 Å². The molecule has 0 aliphatic carbocycles.